The highest BCUT2D eigenvalue weighted by Crippen LogP contribution is 2.17. The summed E-state index contributed by atoms with van der Waals surface area (Å²) in [6, 6.07) is 4.68. The van der Waals surface area contributed by atoms with Crippen LogP contribution in [0.2, 0.25) is 0 Å². The average Bonchev–Trinajstić information content (AvgIpc) is 2.76. The van der Waals surface area contributed by atoms with Gasteiger partial charge in [-0.1, -0.05) is 6.07 Å². The minimum absolute atomic E-state index is 0.230. The predicted octanol–water partition coefficient (Wildman–Crippen LogP) is 0.673. The van der Waals surface area contributed by atoms with Gasteiger partial charge in [-0.2, -0.15) is 0 Å². The highest BCUT2D eigenvalue weighted by molar-refractivity contribution is 5.15. The summed E-state index contributed by atoms with van der Waals surface area (Å²) in [5, 5.41) is 10.1. The van der Waals surface area contributed by atoms with E-state index in [9.17, 15) is 9.90 Å². The van der Waals surface area contributed by atoms with Gasteiger partial charge in [0.1, 0.15) is 5.82 Å². The third-order valence-electron chi connectivity index (χ3n) is 2.42. The van der Waals surface area contributed by atoms with E-state index in [1.54, 1.807) is 24.5 Å². The summed E-state index contributed by atoms with van der Waals surface area (Å²) in [7, 11) is 0. The molecule has 0 aromatic carbocycles. The van der Waals surface area contributed by atoms with Crippen molar-refractivity contribution in [1.29, 1.82) is 0 Å². The van der Waals surface area contributed by atoms with Crippen LogP contribution in [0.5, 0.6) is 0 Å². The molecule has 2 heterocycles. The molecule has 2 N–H and O–H groups in total. The lowest BCUT2D eigenvalue weighted by molar-refractivity contribution is 0.199. The average molecular weight is 219 g/mol. The molecule has 16 heavy (non-hydrogen) atoms. The van der Waals surface area contributed by atoms with Crippen molar-refractivity contribution in [2.75, 3.05) is 0 Å². The lowest BCUT2D eigenvalue weighted by atomic mass is 10.2. The van der Waals surface area contributed by atoms with E-state index >= 15 is 0 Å². The molecule has 1 unspecified atom stereocenters. The van der Waals surface area contributed by atoms with Crippen molar-refractivity contribution in [3.05, 3.63) is 52.5 Å². The maximum Gasteiger partial charge on any atom is 0.248 e. The van der Waals surface area contributed by atoms with Crippen molar-refractivity contribution in [3.8, 4) is 0 Å². The van der Waals surface area contributed by atoms with Gasteiger partial charge in [0.25, 0.3) is 0 Å². The van der Waals surface area contributed by atoms with Crippen LogP contribution in [0.1, 0.15) is 24.5 Å². The highest BCUT2D eigenvalue weighted by Gasteiger charge is 2.15. The minimum atomic E-state index is -0.899. The summed E-state index contributed by atoms with van der Waals surface area (Å²) >= 11 is 0. The van der Waals surface area contributed by atoms with Crippen LogP contribution in [0.3, 0.4) is 0 Å². The molecule has 0 amide bonds. The second kappa shape index (κ2) is 4.32. The Morgan fingerprint density at radius 3 is 3.06 bits per heavy atom. The number of aryl methyl sites for hydroxylation is 1. The molecular weight excluding hydrogens is 206 g/mol. The zero-order valence-electron chi connectivity index (χ0n) is 8.92. The molecule has 0 aliphatic rings. The lowest BCUT2D eigenvalue weighted by Gasteiger charge is -2.11. The fraction of sp³-hybridized carbons (Fsp3) is 0.273. The van der Waals surface area contributed by atoms with Crippen molar-refractivity contribution < 1.29 is 5.11 Å². The first-order valence-corrected chi connectivity index (χ1v) is 5.10. The maximum absolute atomic E-state index is 11.1. The fourth-order valence-corrected chi connectivity index (χ4v) is 1.60. The van der Waals surface area contributed by atoms with Crippen molar-refractivity contribution in [3.63, 3.8) is 0 Å². The van der Waals surface area contributed by atoms with Crippen LogP contribution in [-0.2, 0) is 6.54 Å². The Kier molecular flexibility index (Phi) is 2.87. The fourth-order valence-electron chi connectivity index (χ4n) is 1.60. The molecule has 2 aromatic rings. The number of aliphatic hydroxyl groups is 1. The SMILES string of the molecule is CCn1ccnc1C(O)c1cccc(=O)[nH]1. The Bertz CT molecular complexity index is 530. The van der Waals surface area contributed by atoms with Crippen molar-refractivity contribution in [2.24, 2.45) is 0 Å². The number of hydrogen-bond donors (Lipinski definition) is 2. The van der Waals surface area contributed by atoms with Crippen LogP contribution in [0.4, 0.5) is 0 Å². The maximum atomic E-state index is 11.1. The topological polar surface area (TPSA) is 70.9 Å². The summed E-state index contributed by atoms with van der Waals surface area (Å²) in [6.07, 6.45) is 2.52. The van der Waals surface area contributed by atoms with Gasteiger partial charge >= 0.3 is 0 Å². The zero-order valence-corrected chi connectivity index (χ0v) is 8.92. The standard InChI is InChI=1S/C11H13N3O2/c1-2-14-7-6-12-11(14)10(16)8-4-3-5-9(15)13-8/h3-7,10,16H,2H2,1H3,(H,13,15). The number of hydrogen-bond acceptors (Lipinski definition) is 3. The van der Waals surface area contributed by atoms with Gasteiger partial charge in [-0.25, -0.2) is 4.98 Å². The largest absolute Gasteiger partial charge is 0.379 e. The van der Waals surface area contributed by atoms with E-state index in [1.165, 1.54) is 6.07 Å². The van der Waals surface area contributed by atoms with E-state index in [2.05, 4.69) is 9.97 Å². The van der Waals surface area contributed by atoms with Crippen LogP contribution in [-0.4, -0.2) is 19.6 Å². The second-order valence-electron chi connectivity index (χ2n) is 3.44. The zero-order chi connectivity index (χ0) is 11.5. The molecule has 2 aromatic heterocycles. The summed E-state index contributed by atoms with van der Waals surface area (Å²) in [5.74, 6) is 0.532. The van der Waals surface area contributed by atoms with Crippen molar-refractivity contribution in [2.45, 2.75) is 19.6 Å². The Morgan fingerprint density at radius 1 is 1.56 bits per heavy atom. The first kappa shape index (κ1) is 10.6. The molecule has 5 nitrogen and oxygen atoms in total. The summed E-state index contributed by atoms with van der Waals surface area (Å²) in [4.78, 5) is 17.8. The number of nitrogens with zero attached hydrogens (tertiary/aromatic N) is 2. The van der Waals surface area contributed by atoms with Gasteiger partial charge in [-0.05, 0) is 13.0 Å². The molecule has 1 atom stereocenters. The first-order chi connectivity index (χ1) is 7.72. The number of aromatic amines is 1. The number of aromatic nitrogens is 3. The predicted molar refractivity (Wildman–Crippen MR) is 59.0 cm³/mol. The van der Waals surface area contributed by atoms with Crippen LogP contribution < -0.4 is 5.56 Å². The third-order valence-corrected chi connectivity index (χ3v) is 2.42. The Morgan fingerprint density at radius 2 is 2.38 bits per heavy atom. The molecule has 2 rings (SSSR count). The summed E-state index contributed by atoms with van der Waals surface area (Å²) < 4.78 is 1.83. The van der Waals surface area contributed by atoms with Crippen LogP contribution >= 0.6 is 0 Å². The second-order valence-corrected chi connectivity index (χ2v) is 3.44. The summed E-state index contributed by atoms with van der Waals surface area (Å²) in [6.45, 7) is 2.69. The van der Waals surface area contributed by atoms with Gasteiger partial charge in [0, 0.05) is 25.0 Å². The number of aliphatic hydroxyl groups excluding tert-OH is 1. The molecule has 0 saturated heterocycles. The van der Waals surface area contributed by atoms with E-state index < -0.39 is 6.10 Å². The molecule has 0 aliphatic heterocycles. The van der Waals surface area contributed by atoms with Crippen molar-refractivity contribution in [1.82, 2.24) is 14.5 Å². The molecule has 0 fully saturated rings. The smallest absolute Gasteiger partial charge is 0.248 e. The van der Waals surface area contributed by atoms with E-state index in [0.717, 1.165) is 6.54 Å². The van der Waals surface area contributed by atoms with Crippen molar-refractivity contribution >= 4 is 0 Å². The Labute approximate surface area is 92.4 Å². The Hall–Kier alpha value is -1.88. The van der Waals surface area contributed by atoms with Crippen LogP contribution in [0, 0.1) is 0 Å². The molecule has 0 saturated carbocycles. The molecule has 0 radical (unpaired) electrons. The molecular formula is C11H13N3O2. The highest BCUT2D eigenvalue weighted by atomic mass is 16.3. The first-order valence-electron chi connectivity index (χ1n) is 5.10. The number of H-pyrrole nitrogens is 1. The van der Waals surface area contributed by atoms with E-state index in [0.29, 0.717) is 11.5 Å². The number of imidazole rings is 1. The monoisotopic (exact) mass is 219 g/mol. The normalized spacial score (nSPS) is 12.6. The minimum Gasteiger partial charge on any atom is -0.379 e. The molecule has 5 heteroatoms. The Balaban J connectivity index is 2.39. The van der Waals surface area contributed by atoms with E-state index in [4.69, 9.17) is 0 Å². The van der Waals surface area contributed by atoms with Crippen LogP contribution in [0.15, 0.2) is 35.4 Å². The van der Waals surface area contributed by atoms with Gasteiger partial charge in [0.15, 0.2) is 6.10 Å². The van der Waals surface area contributed by atoms with Gasteiger partial charge in [-0.15, -0.1) is 0 Å². The van der Waals surface area contributed by atoms with Gasteiger partial charge in [-0.3, -0.25) is 4.79 Å². The third kappa shape index (κ3) is 1.90. The molecule has 0 spiro atoms. The van der Waals surface area contributed by atoms with Gasteiger partial charge < -0.3 is 14.7 Å². The number of pyridine rings is 1. The molecule has 0 aliphatic carbocycles. The summed E-state index contributed by atoms with van der Waals surface area (Å²) in [5.41, 5.74) is 0.222. The molecule has 0 bridgehead atoms. The molecule has 84 valence electrons. The number of nitrogens with one attached hydrogen (secondary N) is 1. The van der Waals surface area contributed by atoms with E-state index in [-0.39, 0.29) is 5.56 Å². The lowest BCUT2D eigenvalue weighted by Crippen LogP contribution is -2.14. The van der Waals surface area contributed by atoms with Gasteiger partial charge in [0.05, 0.1) is 5.69 Å². The number of rotatable bonds is 3. The van der Waals surface area contributed by atoms with E-state index in [1.807, 2.05) is 11.5 Å². The van der Waals surface area contributed by atoms with Gasteiger partial charge in [0.2, 0.25) is 5.56 Å². The van der Waals surface area contributed by atoms with Crippen LogP contribution in [0.25, 0.3) is 0 Å². The quantitative estimate of drug-likeness (QED) is 0.797.